The SMILES string of the molecule is CNC(c1c(C)ccnc1N)C1CC1C. The minimum Gasteiger partial charge on any atom is -0.383 e. The molecule has 0 aliphatic heterocycles. The predicted molar refractivity (Wildman–Crippen MR) is 62.5 cm³/mol. The number of nitrogens with zero attached hydrogens (tertiary/aromatic N) is 1. The van der Waals surface area contributed by atoms with Crippen LogP contribution in [0.4, 0.5) is 5.82 Å². The number of nitrogens with one attached hydrogen (secondary N) is 1. The summed E-state index contributed by atoms with van der Waals surface area (Å²) in [6.07, 6.45) is 3.07. The summed E-state index contributed by atoms with van der Waals surface area (Å²) >= 11 is 0. The molecule has 3 N–H and O–H groups in total. The van der Waals surface area contributed by atoms with Crippen LogP contribution in [0.3, 0.4) is 0 Å². The number of hydrogen-bond donors (Lipinski definition) is 2. The van der Waals surface area contributed by atoms with E-state index in [-0.39, 0.29) is 0 Å². The van der Waals surface area contributed by atoms with Gasteiger partial charge in [-0.3, -0.25) is 0 Å². The molecule has 1 aromatic heterocycles. The lowest BCUT2D eigenvalue weighted by Gasteiger charge is -2.20. The van der Waals surface area contributed by atoms with Gasteiger partial charge in [-0.25, -0.2) is 4.98 Å². The zero-order chi connectivity index (χ0) is 11.0. The van der Waals surface area contributed by atoms with Crippen LogP contribution in [0.2, 0.25) is 0 Å². The fraction of sp³-hybridized carbons (Fsp3) is 0.583. The van der Waals surface area contributed by atoms with E-state index in [0.29, 0.717) is 11.9 Å². The first-order valence-corrected chi connectivity index (χ1v) is 5.53. The second-order valence-corrected chi connectivity index (χ2v) is 4.57. The molecule has 3 atom stereocenters. The molecule has 2 rings (SSSR count). The molecule has 0 amide bonds. The number of hydrogen-bond acceptors (Lipinski definition) is 3. The van der Waals surface area contributed by atoms with Crippen molar-refractivity contribution in [3.8, 4) is 0 Å². The maximum atomic E-state index is 5.96. The maximum absolute atomic E-state index is 5.96. The van der Waals surface area contributed by atoms with Crippen LogP contribution in [0.5, 0.6) is 0 Å². The molecule has 0 radical (unpaired) electrons. The van der Waals surface area contributed by atoms with E-state index in [0.717, 1.165) is 11.8 Å². The van der Waals surface area contributed by atoms with Gasteiger partial charge in [0.2, 0.25) is 0 Å². The van der Waals surface area contributed by atoms with E-state index in [2.05, 4.69) is 24.1 Å². The summed E-state index contributed by atoms with van der Waals surface area (Å²) in [6.45, 7) is 4.39. The zero-order valence-electron chi connectivity index (χ0n) is 9.62. The number of anilines is 1. The van der Waals surface area contributed by atoms with Crippen molar-refractivity contribution in [2.45, 2.75) is 26.3 Å². The number of nitrogens with two attached hydrogens (primary N) is 1. The van der Waals surface area contributed by atoms with Gasteiger partial charge in [-0.15, -0.1) is 0 Å². The van der Waals surface area contributed by atoms with Crippen molar-refractivity contribution in [3.05, 3.63) is 23.4 Å². The van der Waals surface area contributed by atoms with Crippen molar-refractivity contribution < 1.29 is 0 Å². The molecule has 1 fully saturated rings. The molecule has 1 aromatic rings. The summed E-state index contributed by atoms with van der Waals surface area (Å²) < 4.78 is 0. The monoisotopic (exact) mass is 205 g/mol. The maximum Gasteiger partial charge on any atom is 0.128 e. The van der Waals surface area contributed by atoms with Crippen LogP contribution in [0.1, 0.15) is 30.5 Å². The Morgan fingerprint density at radius 3 is 2.73 bits per heavy atom. The molecule has 15 heavy (non-hydrogen) atoms. The quantitative estimate of drug-likeness (QED) is 0.792. The summed E-state index contributed by atoms with van der Waals surface area (Å²) in [4.78, 5) is 4.18. The first-order chi connectivity index (χ1) is 7.15. The number of aromatic nitrogens is 1. The zero-order valence-corrected chi connectivity index (χ0v) is 9.62. The summed E-state index contributed by atoms with van der Waals surface area (Å²) in [5.41, 5.74) is 8.38. The third-order valence-corrected chi connectivity index (χ3v) is 3.46. The molecule has 0 aromatic carbocycles. The van der Waals surface area contributed by atoms with Crippen molar-refractivity contribution in [2.24, 2.45) is 11.8 Å². The van der Waals surface area contributed by atoms with Gasteiger partial charge in [0.05, 0.1) is 0 Å². The predicted octanol–water partition coefficient (Wildman–Crippen LogP) is 1.89. The average Bonchev–Trinajstić information content (AvgIpc) is 2.89. The molecule has 1 heterocycles. The van der Waals surface area contributed by atoms with E-state index in [1.807, 2.05) is 13.1 Å². The van der Waals surface area contributed by atoms with Crippen LogP contribution in [0, 0.1) is 18.8 Å². The Balaban J connectivity index is 2.34. The second-order valence-electron chi connectivity index (χ2n) is 4.57. The molecule has 1 saturated carbocycles. The molecule has 3 nitrogen and oxygen atoms in total. The molecule has 0 bridgehead atoms. The lowest BCUT2D eigenvalue weighted by molar-refractivity contribution is 0.502. The van der Waals surface area contributed by atoms with E-state index in [9.17, 15) is 0 Å². The third kappa shape index (κ3) is 1.84. The molecule has 3 unspecified atom stereocenters. The topological polar surface area (TPSA) is 50.9 Å². The lowest BCUT2D eigenvalue weighted by atomic mass is 9.98. The fourth-order valence-electron chi connectivity index (χ4n) is 2.38. The van der Waals surface area contributed by atoms with Crippen molar-refractivity contribution in [2.75, 3.05) is 12.8 Å². The van der Waals surface area contributed by atoms with Gasteiger partial charge in [0.1, 0.15) is 5.82 Å². The Morgan fingerprint density at radius 1 is 1.60 bits per heavy atom. The Morgan fingerprint density at radius 2 is 2.27 bits per heavy atom. The van der Waals surface area contributed by atoms with Gasteiger partial charge in [0.25, 0.3) is 0 Å². The Hall–Kier alpha value is -1.09. The smallest absolute Gasteiger partial charge is 0.128 e. The van der Waals surface area contributed by atoms with Crippen molar-refractivity contribution in [1.29, 1.82) is 0 Å². The van der Waals surface area contributed by atoms with Crippen LogP contribution >= 0.6 is 0 Å². The standard InChI is InChI=1S/C12H19N3/c1-7-4-5-15-12(13)10(7)11(14-3)9-6-8(9)2/h4-5,8-9,11,14H,6H2,1-3H3,(H2,13,15). The van der Waals surface area contributed by atoms with Crippen LogP contribution in [-0.2, 0) is 0 Å². The highest BCUT2D eigenvalue weighted by Crippen LogP contribution is 2.48. The normalized spacial score (nSPS) is 26.3. The highest BCUT2D eigenvalue weighted by Gasteiger charge is 2.40. The molecular formula is C12H19N3. The van der Waals surface area contributed by atoms with E-state index >= 15 is 0 Å². The molecule has 1 aliphatic carbocycles. The summed E-state index contributed by atoms with van der Waals surface area (Å²) in [7, 11) is 2.00. The molecule has 1 aliphatic rings. The fourth-order valence-corrected chi connectivity index (χ4v) is 2.38. The van der Waals surface area contributed by atoms with Gasteiger partial charge < -0.3 is 11.1 Å². The largest absolute Gasteiger partial charge is 0.383 e. The lowest BCUT2D eigenvalue weighted by Crippen LogP contribution is -2.22. The number of aryl methyl sites for hydroxylation is 1. The van der Waals surface area contributed by atoms with Crippen molar-refractivity contribution in [3.63, 3.8) is 0 Å². The van der Waals surface area contributed by atoms with Crippen LogP contribution in [0.25, 0.3) is 0 Å². The van der Waals surface area contributed by atoms with Gasteiger partial charge in [0.15, 0.2) is 0 Å². The first-order valence-electron chi connectivity index (χ1n) is 5.53. The van der Waals surface area contributed by atoms with Gasteiger partial charge in [-0.05, 0) is 43.9 Å². The third-order valence-electron chi connectivity index (χ3n) is 3.46. The minimum atomic E-state index is 0.369. The molecule has 82 valence electrons. The average molecular weight is 205 g/mol. The Kier molecular flexibility index (Phi) is 2.65. The van der Waals surface area contributed by atoms with E-state index < -0.39 is 0 Å². The van der Waals surface area contributed by atoms with Crippen LogP contribution in [0.15, 0.2) is 12.3 Å². The molecular weight excluding hydrogens is 186 g/mol. The second kappa shape index (κ2) is 3.81. The number of nitrogen functional groups attached to an aromatic ring is 1. The summed E-state index contributed by atoms with van der Waals surface area (Å²) in [5, 5.41) is 3.37. The van der Waals surface area contributed by atoms with Crippen molar-refractivity contribution >= 4 is 5.82 Å². The Labute approximate surface area is 91.1 Å². The highest BCUT2D eigenvalue weighted by molar-refractivity contribution is 5.46. The summed E-state index contributed by atoms with van der Waals surface area (Å²) in [5.74, 6) is 2.20. The Bertz CT molecular complexity index is 342. The van der Waals surface area contributed by atoms with Crippen molar-refractivity contribution in [1.82, 2.24) is 10.3 Å². The molecule has 3 heteroatoms. The van der Waals surface area contributed by atoms with Gasteiger partial charge in [0, 0.05) is 17.8 Å². The first kappa shape index (κ1) is 10.4. The van der Waals surface area contributed by atoms with E-state index in [4.69, 9.17) is 5.73 Å². The molecule has 0 spiro atoms. The number of rotatable bonds is 3. The van der Waals surface area contributed by atoms with Crippen LogP contribution in [-0.4, -0.2) is 12.0 Å². The minimum absolute atomic E-state index is 0.369. The number of pyridine rings is 1. The van der Waals surface area contributed by atoms with Gasteiger partial charge in [-0.2, -0.15) is 0 Å². The van der Waals surface area contributed by atoms with Gasteiger partial charge >= 0.3 is 0 Å². The summed E-state index contributed by atoms with van der Waals surface area (Å²) in [6, 6.07) is 2.40. The van der Waals surface area contributed by atoms with E-state index in [1.165, 1.54) is 17.5 Å². The van der Waals surface area contributed by atoms with E-state index in [1.54, 1.807) is 6.20 Å². The van der Waals surface area contributed by atoms with Gasteiger partial charge in [-0.1, -0.05) is 6.92 Å². The van der Waals surface area contributed by atoms with Crippen LogP contribution < -0.4 is 11.1 Å². The highest BCUT2D eigenvalue weighted by atomic mass is 14.9. The molecule has 0 saturated heterocycles.